The SMILES string of the molecule is CC(C)N1CCN(C2CCN(C(=O)[C@@H](Cc3ccc(Br)c(Br)c3)OC(=O)N3CCC(N4CCc5ccccc5NC4=O)CC3)CC2)CC1. The maximum atomic E-state index is 14.0. The molecule has 3 fully saturated rings. The number of amides is 4. The average molecular weight is 789 g/mol. The van der Waals surface area contributed by atoms with Crippen molar-refractivity contribution in [3.05, 3.63) is 62.5 Å². The Kier molecular flexibility index (Phi) is 11.7. The predicted octanol–water partition coefficient (Wildman–Crippen LogP) is 5.83. The highest BCUT2D eigenvalue weighted by atomic mass is 79.9. The number of carbonyl (C=O) groups is 3. The van der Waals surface area contributed by atoms with Gasteiger partial charge >= 0.3 is 12.1 Å². The summed E-state index contributed by atoms with van der Waals surface area (Å²) in [6, 6.07) is 14.8. The van der Waals surface area contributed by atoms with Crippen LogP contribution in [-0.2, 0) is 22.4 Å². The first-order valence-corrected chi connectivity index (χ1v) is 19.1. The van der Waals surface area contributed by atoms with E-state index in [1.165, 1.54) is 0 Å². The number of urea groups is 1. The monoisotopic (exact) mass is 786 g/mol. The van der Waals surface area contributed by atoms with Crippen molar-refractivity contribution in [1.82, 2.24) is 24.5 Å². The Bertz CT molecular complexity index is 1450. The number of benzene rings is 2. The number of piperidine rings is 2. The molecule has 0 saturated carbocycles. The van der Waals surface area contributed by atoms with Crippen molar-refractivity contribution in [1.29, 1.82) is 0 Å². The van der Waals surface area contributed by atoms with Gasteiger partial charge in [-0.15, -0.1) is 0 Å². The van der Waals surface area contributed by atoms with Crippen LogP contribution in [0.15, 0.2) is 51.4 Å². The second kappa shape index (κ2) is 15.9. The zero-order valence-corrected chi connectivity index (χ0v) is 31.3. The molecule has 3 saturated heterocycles. The molecule has 12 heteroatoms. The molecule has 0 bridgehead atoms. The van der Waals surface area contributed by atoms with E-state index in [-0.39, 0.29) is 18.0 Å². The molecule has 260 valence electrons. The Morgan fingerprint density at radius 3 is 2.19 bits per heavy atom. The van der Waals surface area contributed by atoms with E-state index in [0.29, 0.717) is 64.1 Å². The van der Waals surface area contributed by atoms with E-state index >= 15 is 0 Å². The number of piperazine rings is 1. The van der Waals surface area contributed by atoms with Crippen LogP contribution in [0.5, 0.6) is 0 Å². The highest BCUT2D eigenvalue weighted by molar-refractivity contribution is 9.13. The van der Waals surface area contributed by atoms with Crippen LogP contribution in [0.2, 0.25) is 0 Å². The summed E-state index contributed by atoms with van der Waals surface area (Å²) in [7, 11) is 0. The smallest absolute Gasteiger partial charge is 0.410 e. The minimum atomic E-state index is -0.913. The van der Waals surface area contributed by atoms with Crippen LogP contribution in [0, 0.1) is 0 Å². The fourth-order valence-electron chi connectivity index (χ4n) is 7.63. The molecule has 2 aromatic carbocycles. The van der Waals surface area contributed by atoms with Gasteiger partial charge in [0.25, 0.3) is 5.91 Å². The van der Waals surface area contributed by atoms with Gasteiger partial charge in [0, 0.05) is 98.1 Å². The molecule has 1 N–H and O–H groups in total. The molecule has 4 amide bonds. The van der Waals surface area contributed by atoms with E-state index in [9.17, 15) is 14.4 Å². The third-order valence-electron chi connectivity index (χ3n) is 10.6. The highest BCUT2D eigenvalue weighted by Gasteiger charge is 2.36. The van der Waals surface area contributed by atoms with E-state index in [0.717, 1.165) is 71.2 Å². The Morgan fingerprint density at radius 2 is 1.50 bits per heavy atom. The van der Waals surface area contributed by atoms with Crippen LogP contribution in [0.4, 0.5) is 15.3 Å². The van der Waals surface area contributed by atoms with Crippen LogP contribution in [0.3, 0.4) is 0 Å². The van der Waals surface area contributed by atoms with Crippen molar-refractivity contribution >= 4 is 55.6 Å². The number of para-hydroxylation sites is 1. The number of rotatable bonds is 7. The van der Waals surface area contributed by atoms with E-state index in [2.05, 4.69) is 66.9 Å². The first kappa shape index (κ1) is 35.2. The summed E-state index contributed by atoms with van der Waals surface area (Å²) in [6.45, 7) is 11.8. The maximum absolute atomic E-state index is 14.0. The molecule has 0 spiro atoms. The minimum Gasteiger partial charge on any atom is -0.436 e. The molecule has 4 aliphatic heterocycles. The van der Waals surface area contributed by atoms with E-state index in [1.54, 1.807) is 4.90 Å². The van der Waals surface area contributed by atoms with Crippen molar-refractivity contribution in [2.75, 3.05) is 64.2 Å². The van der Waals surface area contributed by atoms with Crippen molar-refractivity contribution in [3.63, 3.8) is 0 Å². The maximum Gasteiger partial charge on any atom is 0.410 e. The lowest BCUT2D eigenvalue weighted by atomic mass is 10.00. The lowest BCUT2D eigenvalue weighted by Gasteiger charge is -2.44. The summed E-state index contributed by atoms with van der Waals surface area (Å²) in [5.41, 5.74) is 2.92. The summed E-state index contributed by atoms with van der Waals surface area (Å²) in [5.74, 6) is -0.124. The average Bonchev–Trinajstić information content (AvgIpc) is 3.27. The first-order valence-electron chi connectivity index (χ1n) is 17.5. The number of nitrogens with one attached hydrogen (secondary N) is 1. The number of carbonyl (C=O) groups excluding carboxylic acids is 3. The predicted molar refractivity (Wildman–Crippen MR) is 194 cm³/mol. The number of halogens is 2. The van der Waals surface area contributed by atoms with Crippen LogP contribution in [0.1, 0.15) is 50.7 Å². The fraction of sp³-hybridized carbons (Fsp3) is 0.583. The van der Waals surface area contributed by atoms with Gasteiger partial charge in [-0.3, -0.25) is 14.6 Å². The lowest BCUT2D eigenvalue weighted by Crippen LogP contribution is -2.56. The minimum absolute atomic E-state index is 0.0375. The first-order chi connectivity index (χ1) is 23.2. The quantitative estimate of drug-likeness (QED) is 0.380. The largest absolute Gasteiger partial charge is 0.436 e. The van der Waals surface area contributed by atoms with Gasteiger partial charge in [0.15, 0.2) is 6.10 Å². The van der Waals surface area contributed by atoms with Crippen molar-refractivity contribution in [3.8, 4) is 0 Å². The number of hydrogen-bond acceptors (Lipinski definition) is 6. The van der Waals surface area contributed by atoms with E-state index < -0.39 is 12.2 Å². The number of nitrogens with zero attached hydrogens (tertiary/aromatic N) is 5. The molecule has 48 heavy (non-hydrogen) atoms. The van der Waals surface area contributed by atoms with E-state index in [4.69, 9.17) is 4.74 Å². The van der Waals surface area contributed by atoms with E-state index in [1.807, 2.05) is 46.2 Å². The van der Waals surface area contributed by atoms with Gasteiger partial charge in [0.2, 0.25) is 0 Å². The molecule has 0 radical (unpaired) electrons. The topological polar surface area (TPSA) is 88.7 Å². The Balaban J connectivity index is 1.05. The van der Waals surface area contributed by atoms with Gasteiger partial charge in [0.05, 0.1) is 0 Å². The number of anilines is 1. The second-order valence-corrected chi connectivity index (χ2v) is 15.5. The summed E-state index contributed by atoms with van der Waals surface area (Å²) < 4.78 is 7.89. The van der Waals surface area contributed by atoms with Gasteiger partial charge in [-0.1, -0.05) is 24.3 Å². The zero-order chi connectivity index (χ0) is 33.8. The molecule has 0 aliphatic carbocycles. The summed E-state index contributed by atoms with van der Waals surface area (Å²) in [5, 5.41) is 3.06. The lowest BCUT2D eigenvalue weighted by molar-refractivity contribution is -0.142. The number of likely N-dealkylation sites (tertiary alicyclic amines) is 2. The molecule has 0 unspecified atom stereocenters. The molecular weight excluding hydrogens is 740 g/mol. The molecule has 0 aromatic heterocycles. The molecule has 10 nitrogen and oxygen atoms in total. The molecule has 4 aliphatic rings. The van der Waals surface area contributed by atoms with Gasteiger partial charge in [0.1, 0.15) is 0 Å². The molecule has 4 heterocycles. The van der Waals surface area contributed by atoms with Crippen LogP contribution in [-0.4, -0.2) is 126 Å². The summed E-state index contributed by atoms with van der Waals surface area (Å²) in [6.07, 6.45) is 2.91. The highest BCUT2D eigenvalue weighted by Crippen LogP contribution is 2.28. The molecule has 6 rings (SSSR count). The van der Waals surface area contributed by atoms with Gasteiger partial charge in [-0.05, 0) is 107 Å². The van der Waals surface area contributed by atoms with Crippen LogP contribution >= 0.6 is 31.9 Å². The van der Waals surface area contributed by atoms with Crippen molar-refractivity contribution in [2.45, 2.75) is 76.6 Å². The van der Waals surface area contributed by atoms with Gasteiger partial charge < -0.3 is 24.8 Å². The third kappa shape index (κ3) is 8.37. The fourth-order valence-corrected chi connectivity index (χ4v) is 8.30. The van der Waals surface area contributed by atoms with Gasteiger partial charge in [-0.2, -0.15) is 0 Å². The molecular formula is C36H48Br2N6O4. The number of hydrogen-bond donors (Lipinski definition) is 1. The normalized spacial score (nSPS) is 21.1. The van der Waals surface area contributed by atoms with Gasteiger partial charge in [-0.25, -0.2) is 9.59 Å². The Morgan fingerprint density at radius 1 is 0.833 bits per heavy atom. The molecule has 1 atom stereocenters. The molecule has 2 aromatic rings. The van der Waals surface area contributed by atoms with Crippen LogP contribution in [0.25, 0.3) is 0 Å². The van der Waals surface area contributed by atoms with Crippen LogP contribution < -0.4 is 5.32 Å². The van der Waals surface area contributed by atoms with Crippen molar-refractivity contribution < 1.29 is 19.1 Å². The standard InChI is InChI=1S/C36H48Br2N6O4/c1-25(2)40-19-21-41(22-20-40)28-10-14-42(15-11-28)34(45)33(24-26-7-8-30(37)31(38)23-26)48-36(47)43-16-12-29(13-17-43)44-18-9-27-5-3-4-6-32(27)39-35(44)46/h3-8,23,25,28-29,33H,9-22,24H2,1-2H3,(H,39,46)/t33-/m1/s1. The number of ether oxygens (including phenoxy) is 1. The summed E-state index contributed by atoms with van der Waals surface area (Å²) in [4.78, 5) is 51.3. The number of fused-ring (bicyclic) bond motifs is 1. The Hall–Kier alpha value is -2.67. The van der Waals surface area contributed by atoms with Crippen molar-refractivity contribution in [2.24, 2.45) is 0 Å². The third-order valence-corrected chi connectivity index (χ3v) is 12.5. The second-order valence-electron chi connectivity index (χ2n) is 13.8. The summed E-state index contributed by atoms with van der Waals surface area (Å²) >= 11 is 7.10. The Labute approximate surface area is 301 Å². The zero-order valence-electron chi connectivity index (χ0n) is 28.1.